The van der Waals surface area contributed by atoms with Gasteiger partial charge >= 0.3 is 12.1 Å². The number of likely N-dealkylation sites (tertiary alicyclic amines) is 1. The molecule has 1 aromatic heterocycles. The first kappa shape index (κ1) is 28.4. The van der Waals surface area contributed by atoms with E-state index < -0.39 is 29.7 Å². The van der Waals surface area contributed by atoms with Crippen molar-refractivity contribution in [3.05, 3.63) is 36.0 Å². The maximum atomic E-state index is 13.6. The van der Waals surface area contributed by atoms with Gasteiger partial charge < -0.3 is 30.4 Å². The molecular weight excluding hydrogens is 496 g/mol. The molecule has 10 nitrogen and oxygen atoms in total. The topological polar surface area (TPSA) is 141 Å². The lowest BCUT2D eigenvalue weighted by atomic mass is 9.94. The number of nitrogens with zero attached hydrogens (tertiary/aromatic N) is 1. The molecule has 1 aliphatic rings. The summed E-state index contributed by atoms with van der Waals surface area (Å²) < 4.78 is 5.41. The Bertz CT molecular complexity index is 1120. The van der Waals surface area contributed by atoms with Crippen LogP contribution in [-0.4, -0.2) is 81.7 Å². The summed E-state index contributed by atoms with van der Waals surface area (Å²) in [5.41, 5.74) is 1.12. The number of aromatic amines is 1. The smallest absolute Gasteiger partial charge is 0.408 e. The molecule has 1 saturated heterocycles. The molecule has 1 aromatic carbocycles. The number of nitrogens with one attached hydrogen (secondary N) is 3. The number of thioether (sulfide) groups is 1. The van der Waals surface area contributed by atoms with Crippen molar-refractivity contribution in [1.82, 2.24) is 20.5 Å². The molecule has 0 bridgehead atoms. The largest absolute Gasteiger partial charge is 0.480 e. The number of carboxylic acid groups (broad SMARTS) is 1. The molecule has 4 N–H and O–H groups in total. The monoisotopic (exact) mass is 532 g/mol. The second-order valence-corrected chi connectivity index (χ2v) is 11.1. The molecule has 1 fully saturated rings. The Kier molecular flexibility index (Phi) is 9.47. The molecule has 0 aliphatic carbocycles. The Morgan fingerprint density at radius 1 is 1.14 bits per heavy atom. The Balaban J connectivity index is 1.68. The van der Waals surface area contributed by atoms with Crippen LogP contribution in [0.2, 0.25) is 0 Å². The molecule has 1 aliphatic heterocycles. The number of rotatable bonds is 9. The van der Waals surface area contributed by atoms with Gasteiger partial charge in [-0.05, 0) is 51.5 Å². The molecule has 11 heteroatoms. The highest BCUT2D eigenvalue weighted by atomic mass is 32.2. The third-order valence-corrected chi connectivity index (χ3v) is 6.88. The van der Waals surface area contributed by atoms with Crippen molar-refractivity contribution in [2.75, 3.05) is 25.1 Å². The van der Waals surface area contributed by atoms with Crippen LogP contribution >= 0.6 is 11.8 Å². The predicted molar refractivity (Wildman–Crippen MR) is 142 cm³/mol. The van der Waals surface area contributed by atoms with Crippen LogP contribution in [0.15, 0.2) is 30.5 Å². The van der Waals surface area contributed by atoms with E-state index in [-0.39, 0.29) is 29.9 Å². The zero-order valence-corrected chi connectivity index (χ0v) is 22.5. The summed E-state index contributed by atoms with van der Waals surface area (Å²) in [6.45, 7) is 5.93. The number of fused-ring (bicyclic) bond motifs is 1. The van der Waals surface area contributed by atoms with Crippen LogP contribution in [0.1, 0.15) is 39.2 Å². The number of carbonyl (C=O) groups is 4. The molecule has 2 heterocycles. The average molecular weight is 533 g/mol. The standard InChI is InChI=1S/C26H36N4O6S/c1-26(2,3)36-25(35)29-20(13-17-14-27-19-8-6-5-7-18(17)19)23(32)30-11-9-16(10-12-30)22(31)28-21(15-37-4)24(33)34/h5-8,14,16,20-21,27H,9-13,15H2,1-4H3,(H,28,31)(H,29,35)(H,33,34). The number of ether oxygens (including phenoxy) is 1. The fourth-order valence-corrected chi connectivity index (χ4v) is 4.94. The van der Waals surface area contributed by atoms with Gasteiger partial charge in [-0.3, -0.25) is 9.59 Å². The minimum Gasteiger partial charge on any atom is -0.480 e. The highest BCUT2D eigenvalue weighted by Crippen LogP contribution is 2.22. The van der Waals surface area contributed by atoms with Crippen LogP contribution in [0.5, 0.6) is 0 Å². The van der Waals surface area contributed by atoms with Gasteiger partial charge in [0.25, 0.3) is 0 Å². The number of alkyl carbamates (subject to hydrolysis) is 1. The highest BCUT2D eigenvalue weighted by Gasteiger charge is 2.34. The number of hydrogen-bond acceptors (Lipinski definition) is 6. The van der Waals surface area contributed by atoms with Crippen LogP contribution in [0.3, 0.4) is 0 Å². The van der Waals surface area contributed by atoms with E-state index in [9.17, 15) is 24.3 Å². The lowest BCUT2D eigenvalue weighted by molar-refractivity contribution is -0.142. The summed E-state index contributed by atoms with van der Waals surface area (Å²) in [6.07, 6.45) is 4.05. The molecule has 2 aromatic rings. The number of carbonyl (C=O) groups excluding carboxylic acids is 3. The second kappa shape index (κ2) is 12.4. The number of aromatic nitrogens is 1. The van der Waals surface area contributed by atoms with Gasteiger partial charge in [0, 0.05) is 48.3 Å². The van der Waals surface area contributed by atoms with Gasteiger partial charge in [0.05, 0.1) is 0 Å². The van der Waals surface area contributed by atoms with Crippen molar-refractivity contribution in [3.8, 4) is 0 Å². The van der Waals surface area contributed by atoms with Crippen LogP contribution in [0.25, 0.3) is 10.9 Å². The second-order valence-electron chi connectivity index (χ2n) is 10.2. The van der Waals surface area contributed by atoms with Crippen LogP contribution in [0.4, 0.5) is 4.79 Å². The summed E-state index contributed by atoms with van der Waals surface area (Å²) in [5.74, 6) is -1.72. The first-order chi connectivity index (χ1) is 17.5. The van der Waals surface area contributed by atoms with Crippen molar-refractivity contribution in [3.63, 3.8) is 0 Å². The first-order valence-corrected chi connectivity index (χ1v) is 13.7. The van der Waals surface area contributed by atoms with Gasteiger partial charge in [0.1, 0.15) is 17.7 Å². The number of carboxylic acids is 1. The van der Waals surface area contributed by atoms with E-state index in [4.69, 9.17) is 4.74 Å². The molecule has 0 spiro atoms. The number of H-pyrrole nitrogens is 1. The third-order valence-electron chi connectivity index (χ3n) is 6.21. The van der Waals surface area contributed by atoms with Crippen molar-refractivity contribution < 1.29 is 29.0 Å². The zero-order valence-electron chi connectivity index (χ0n) is 21.7. The van der Waals surface area contributed by atoms with E-state index >= 15 is 0 Å². The predicted octanol–water partition coefficient (Wildman–Crippen LogP) is 2.77. The normalized spacial score (nSPS) is 16.2. The van der Waals surface area contributed by atoms with Crippen LogP contribution < -0.4 is 10.6 Å². The first-order valence-electron chi connectivity index (χ1n) is 12.3. The molecule has 3 amide bonds. The molecular formula is C26H36N4O6S. The van der Waals surface area contributed by atoms with Gasteiger partial charge in [-0.2, -0.15) is 11.8 Å². The van der Waals surface area contributed by atoms with E-state index in [2.05, 4.69) is 15.6 Å². The number of hydrogen-bond donors (Lipinski definition) is 4. The Morgan fingerprint density at radius 3 is 2.43 bits per heavy atom. The minimum atomic E-state index is -1.07. The van der Waals surface area contributed by atoms with Crippen LogP contribution in [0, 0.1) is 5.92 Å². The van der Waals surface area contributed by atoms with Crippen molar-refractivity contribution in [2.45, 2.75) is 57.7 Å². The quantitative estimate of drug-likeness (QED) is 0.389. The Labute approximate surface area is 220 Å². The molecule has 0 radical (unpaired) electrons. The molecule has 202 valence electrons. The molecule has 0 saturated carbocycles. The SMILES string of the molecule is CSCC(NC(=O)C1CCN(C(=O)C(Cc2c[nH]c3ccccc23)NC(=O)OC(C)(C)C)CC1)C(=O)O. The lowest BCUT2D eigenvalue weighted by Gasteiger charge is -2.34. The minimum absolute atomic E-state index is 0.249. The maximum absolute atomic E-state index is 13.6. The molecule has 2 unspecified atom stereocenters. The fraction of sp³-hybridized carbons (Fsp3) is 0.538. The lowest BCUT2D eigenvalue weighted by Crippen LogP contribution is -2.53. The Morgan fingerprint density at radius 2 is 1.81 bits per heavy atom. The summed E-state index contributed by atoms with van der Waals surface area (Å²) >= 11 is 1.35. The number of aliphatic carboxylic acids is 1. The Hall–Kier alpha value is -3.21. The average Bonchev–Trinajstić information content (AvgIpc) is 3.24. The summed E-state index contributed by atoms with van der Waals surface area (Å²) in [6, 6.07) is 5.95. The maximum Gasteiger partial charge on any atom is 0.408 e. The summed E-state index contributed by atoms with van der Waals surface area (Å²) in [4.78, 5) is 55.0. The third kappa shape index (κ3) is 7.88. The van der Waals surface area contributed by atoms with Gasteiger partial charge in [0.2, 0.25) is 11.8 Å². The van der Waals surface area contributed by atoms with Gasteiger partial charge in [-0.1, -0.05) is 18.2 Å². The number of para-hydroxylation sites is 1. The van der Waals surface area contributed by atoms with Gasteiger partial charge in [0.15, 0.2) is 0 Å². The summed E-state index contributed by atoms with van der Waals surface area (Å²) in [5, 5.41) is 15.6. The van der Waals surface area contributed by atoms with E-state index in [1.54, 1.807) is 31.9 Å². The van der Waals surface area contributed by atoms with Crippen molar-refractivity contribution in [2.24, 2.45) is 5.92 Å². The number of benzene rings is 1. The van der Waals surface area contributed by atoms with E-state index in [1.165, 1.54) is 11.8 Å². The summed E-state index contributed by atoms with van der Waals surface area (Å²) in [7, 11) is 0. The zero-order chi connectivity index (χ0) is 27.2. The number of amides is 3. The number of piperidine rings is 1. The fourth-order valence-electron chi connectivity index (χ4n) is 4.38. The van der Waals surface area contributed by atoms with Gasteiger partial charge in [-0.15, -0.1) is 0 Å². The molecule has 37 heavy (non-hydrogen) atoms. The van der Waals surface area contributed by atoms with Crippen LogP contribution in [-0.2, 0) is 25.5 Å². The van der Waals surface area contributed by atoms with Gasteiger partial charge in [-0.25, -0.2) is 9.59 Å². The highest BCUT2D eigenvalue weighted by molar-refractivity contribution is 7.98. The van der Waals surface area contributed by atoms with Crippen molar-refractivity contribution >= 4 is 46.5 Å². The molecule has 3 rings (SSSR count). The van der Waals surface area contributed by atoms with E-state index in [0.717, 1.165) is 16.5 Å². The van der Waals surface area contributed by atoms with Crippen molar-refractivity contribution in [1.29, 1.82) is 0 Å². The van der Waals surface area contributed by atoms with E-state index in [0.29, 0.717) is 25.9 Å². The van der Waals surface area contributed by atoms with E-state index in [1.807, 2.05) is 30.5 Å². The molecule has 2 atom stereocenters.